The van der Waals surface area contributed by atoms with Crippen LogP contribution in [0, 0.1) is 5.92 Å². The van der Waals surface area contributed by atoms with E-state index in [9.17, 15) is 35.9 Å². The van der Waals surface area contributed by atoms with Crippen molar-refractivity contribution >= 4 is 17.7 Å². The van der Waals surface area contributed by atoms with Crippen LogP contribution in [0.15, 0.2) is 60.9 Å². The van der Waals surface area contributed by atoms with Crippen molar-refractivity contribution in [2.24, 2.45) is 5.92 Å². The molecule has 4 N–H and O–H groups in total. The van der Waals surface area contributed by atoms with Crippen molar-refractivity contribution in [3.63, 3.8) is 0 Å². The largest absolute Gasteiger partial charge is 0.465 e. The molecule has 4 aromatic rings. The van der Waals surface area contributed by atoms with Crippen LogP contribution in [-0.2, 0) is 36.5 Å². The van der Waals surface area contributed by atoms with Crippen LogP contribution >= 0.6 is 0 Å². The minimum Gasteiger partial charge on any atom is -0.465 e. The van der Waals surface area contributed by atoms with Crippen LogP contribution < -0.4 is 15.4 Å². The van der Waals surface area contributed by atoms with E-state index < -0.39 is 41.5 Å². The third-order valence-corrected chi connectivity index (χ3v) is 6.90. The van der Waals surface area contributed by atoms with Crippen LogP contribution in [-0.4, -0.2) is 32.1 Å². The number of hydrogen-bond acceptors (Lipinski definition) is 5. The van der Waals surface area contributed by atoms with Crippen molar-refractivity contribution in [1.29, 1.82) is 0 Å². The summed E-state index contributed by atoms with van der Waals surface area (Å²) in [6, 6.07) is 11.1. The van der Waals surface area contributed by atoms with E-state index in [0.29, 0.717) is 24.8 Å². The number of imidazole rings is 1. The number of H-pyrrole nitrogens is 1. The summed E-state index contributed by atoms with van der Waals surface area (Å²) in [5, 5.41) is 13.4. The number of nitrogens with one attached hydrogen (secondary N) is 3. The smallest absolute Gasteiger partial charge is 0.432 e. The molecule has 9 nitrogen and oxygen atoms in total. The summed E-state index contributed by atoms with van der Waals surface area (Å²) in [6.45, 7) is -0.378. The van der Waals surface area contributed by atoms with Crippen molar-refractivity contribution in [2.45, 2.75) is 38.2 Å². The number of carboxylic acid groups (broad SMARTS) is 1. The molecule has 0 saturated carbocycles. The van der Waals surface area contributed by atoms with Crippen LogP contribution in [0.5, 0.6) is 11.5 Å². The number of halogens is 6. The number of aryl methyl sites for hydroxylation is 1. The Balaban J connectivity index is 1.29. The molecule has 1 aliphatic carbocycles. The van der Waals surface area contributed by atoms with Crippen molar-refractivity contribution < 1.29 is 45.8 Å². The monoisotopic (exact) mass is 619 g/mol. The van der Waals surface area contributed by atoms with Gasteiger partial charge >= 0.3 is 18.4 Å². The zero-order valence-electron chi connectivity index (χ0n) is 22.5. The number of nitrogens with zero attached hydrogens (tertiary/aromatic N) is 2. The predicted molar refractivity (Wildman–Crippen MR) is 144 cm³/mol. The molecule has 2 aromatic heterocycles. The number of aromatic amines is 1. The Morgan fingerprint density at radius 1 is 0.955 bits per heavy atom. The molecular formula is C29H23F6N5O4. The number of fused-ring (bicyclic) bond motifs is 1. The van der Waals surface area contributed by atoms with Gasteiger partial charge in [-0.3, -0.25) is 9.78 Å². The number of hydrogen-bond donors (Lipinski definition) is 4. The average Bonchev–Trinajstić information content (AvgIpc) is 3.47. The van der Waals surface area contributed by atoms with Crippen LogP contribution in [0.2, 0.25) is 0 Å². The standard InChI is InChI=1S/C29H23F6N5O4/c30-28(31,32)19-7-15(13-38-27(42)43)8-20(11-19)39-26(41)17-2-1-16-3-4-21(10-18(16)9-17)44-22-5-6-36-23(12-22)25-37-14-24(40-25)29(33,34)35/h3-8,10-12,14,17,38H,1-2,9,13H2,(H,37,40)(H,39,41)(H,42,43). The lowest BCUT2D eigenvalue weighted by atomic mass is 9.83. The summed E-state index contributed by atoms with van der Waals surface area (Å²) in [4.78, 5) is 33.9. The normalized spacial score (nSPS) is 14.9. The minimum atomic E-state index is -4.71. The second-order valence-corrected chi connectivity index (χ2v) is 10.1. The molecule has 0 saturated heterocycles. The summed E-state index contributed by atoms with van der Waals surface area (Å²) in [5.41, 5.74) is -0.238. The first-order valence-electron chi connectivity index (χ1n) is 13.1. The molecule has 1 atom stereocenters. The quantitative estimate of drug-likeness (QED) is 0.168. The van der Waals surface area contributed by atoms with Crippen molar-refractivity contribution in [1.82, 2.24) is 20.3 Å². The fourth-order valence-electron chi connectivity index (χ4n) is 4.81. The number of pyridine rings is 1. The Bertz CT molecular complexity index is 1700. The van der Waals surface area contributed by atoms with Crippen LogP contribution in [0.4, 0.5) is 36.8 Å². The highest BCUT2D eigenvalue weighted by atomic mass is 19.4. The molecule has 2 aromatic carbocycles. The molecule has 5 rings (SSSR count). The molecule has 2 heterocycles. The Labute approximate surface area is 245 Å². The van der Waals surface area contributed by atoms with E-state index >= 15 is 0 Å². The average molecular weight is 620 g/mol. The van der Waals surface area contributed by atoms with E-state index in [-0.39, 0.29) is 41.5 Å². The van der Waals surface area contributed by atoms with Gasteiger partial charge in [0.05, 0.1) is 11.8 Å². The van der Waals surface area contributed by atoms with Gasteiger partial charge in [0.25, 0.3) is 0 Å². The third kappa shape index (κ3) is 7.27. The molecule has 2 amide bonds. The first-order chi connectivity index (χ1) is 20.7. The lowest BCUT2D eigenvalue weighted by Gasteiger charge is -2.25. The Morgan fingerprint density at radius 2 is 1.73 bits per heavy atom. The van der Waals surface area contributed by atoms with Gasteiger partial charge in [-0.15, -0.1) is 0 Å². The van der Waals surface area contributed by atoms with Crippen LogP contribution in [0.3, 0.4) is 0 Å². The molecule has 230 valence electrons. The van der Waals surface area contributed by atoms with Gasteiger partial charge in [0.1, 0.15) is 22.9 Å². The Morgan fingerprint density at radius 3 is 2.43 bits per heavy atom. The number of carbonyl (C=O) groups excluding carboxylic acids is 1. The van der Waals surface area contributed by atoms with Gasteiger partial charge in [-0.25, -0.2) is 9.78 Å². The molecule has 0 aliphatic heterocycles. The zero-order chi connectivity index (χ0) is 31.6. The summed E-state index contributed by atoms with van der Waals surface area (Å²) in [7, 11) is 0. The summed E-state index contributed by atoms with van der Waals surface area (Å²) >= 11 is 0. The number of alkyl halides is 6. The first-order valence-corrected chi connectivity index (χ1v) is 13.1. The molecule has 0 bridgehead atoms. The van der Waals surface area contributed by atoms with Crippen molar-refractivity contribution in [2.75, 3.05) is 5.32 Å². The van der Waals surface area contributed by atoms with Gasteiger partial charge in [0.15, 0.2) is 5.82 Å². The summed E-state index contributed by atoms with van der Waals surface area (Å²) in [6.07, 6.45) is -7.42. The van der Waals surface area contributed by atoms with Crippen molar-refractivity contribution in [3.8, 4) is 23.0 Å². The first kappa shape index (κ1) is 30.4. The molecule has 0 fully saturated rings. The lowest BCUT2D eigenvalue weighted by molar-refractivity contribution is -0.141. The minimum absolute atomic E-state index is 0.0282. The molecular weight excluding hydrogens is 596 g/mol. The van der Waals surface area contributed by atoms with Crippen LogP contribution in [0.25, 0.3) is 11.5 Å². The van der Waals surface area contributed by atoms with E-state index in [4.69, 9.17) is 9.84 Å². The molecule has 0 spiro atoms. The highest BCUT2D eigenvalue weighted by molar-refractivity contribution is 5.93. The second-order valence-electron chi connectivity index (χ2n) is 10.1. The van der Waals surface area contributed by atoms with Gasteiger partial charge < -0.3 is 25.5 Å². The van der Waals surface area contributed by atoms with E-state index in [1.165, 1.54) is 24.4 Å². The molecule has 44 heavy (non-hydrogen) atoms. The van der Waals surface area contributed by atoms with Gasteiger partial charge in [-0.1, -0.05) is 6.07 Å². The van der Waals surface area contributed by atoms with Gasteiger partial charge in [-0.05, 0) is 72.4 Å². The van der Waals surface area contributed by atoms with Crippen molar-refractivity contribution in [3.05, 3.63) is 88.9 Å². The number of benzene rings is 2. The van der Waals surface area contributed by atoms with Crippen LogP contribution in [0.1, 0.15) is 34.4 Å². The molecule has 1 aliphatic rings. The maximum absolute atomic E-state index is 13.4. The molecule has 1 unspecified atom stereocenters. The SMILES string of the molecule is O=C(O)NCc1cc(NC(=O)C2CCc3ccc(Oc4ccnc(-c5ncc(C(F)(F)F)[nH]5)c4)cc3C2)cc(C(F)(F)F)c1. The molecule has 15 heteroatoms. The number of aromatic nitrogens is 3. The number of anilines is 1. The van der Waals surface area contributed by atoms with Gasteiger partial charge in [-0.2, -0.15) is 26.3 Å². The number of carbonyl (C=O) groups is 2. The Kier molecular flexibility index (Phi) is 8.21. The fourth-order valence-corrected chi connectivity index (χ4v) is 4.81. The zero-order valence-corrected chi connectivity index (χ0v) is 22.5. The second kappa shape index (κ2) is 11.9. The predicted octanol–water partition coefficient (Wildman–Crippen LogP) is 6.81. The number of ether oxygens (including phenoxy) is 1. The van der Waals surface area contributed by atoms with Gasteiger partial charge in [0.2, 0.25) is 5.91 Å². The van der Waals surface area contributed by atoms with E-state index in [1.807, 2.05) is 11.4 Å². The van der Waals surface area contributed by atoms with E-state index in [0.717, 1.165) is 23.3 Å². The summed E-state index contributed by atoms with van der Waals surface area (Å²) in [5.74, 6) is -0.474. The highest BCUT2D eigenvalue weighted by Crippen LogP contribution is 2.35. The molecule has 0 radical (unpaired) electrons. The van der Waals surface area contributed by atoms with E-state index in [2.05, 4.69) is 20.3 Å². The maximum atomic E-state index is 13.4. The number of amides is 2. The van der Waals surface area contributed by atoms with E-state index in [1.54, 1.807) is 12.1 Å². The lowest BCUT2D eigenvalue weighted by Crippen LogP contribution is -2.28. The number of rotatable bonds is 7. The topological polar surface area (TPSA) is 129 Å². The fraction of sp³-hybridized carbons (Fsp3) is 0.241. The Hall–Kier alpha value is -5.08. The highest BCUT2D eigenvalue weighted by Gasteiger charge is 2.34. The third-order valence-electron chi connectivity index (χ3n) is 6.90. The summed E-state index contributed by atoms with van der Waals surface area (Å²) < 4.78 is 85.0. The van der Waals surface area contributed by atoms with Gasteiger partial charge in [0, 0.05) is 30.4 Å². The maximum Gasteiger partial charge on any atom is 0.432 e.